The van der Waals surface area contributed by atoms with Crippen molar-refractivity contribution in [2.24, 2.45) is 0 Å². The molecule has 0 bridgehead atoms. The molecule has 0 atom stereocenters. The first-order chi connectivity index (χ1) is 6.24. The minimum absolute atomic E-state index is 0.0882. The number of aromatic nitrogens is 1. The van der Waals surface area contributed by atoms with E-state index in [9.17, 15) is 5.11 Å². The quantitative estimate of drug-likeness (QED) is 0.478. The Balaban J connectivity index is 2.89. The summed E-state index contributed by atoms with van der Waals surface area (Å²) in [6.07, 6.45) is 0.592. The Labute approximate surface area is 90.1 Å². The summed E-state index contributed by atoms with van der Waals surface area (Å²) in [5.74, 6) is 6.10. The average molecular weight is 261 g/mol. The van der Waals surface area contributed by atoms with Crippen molar-refractivity contribution in [2.45, 2.75) is 6.42 Å². The molecule has 0 radical (unpaired) electrons. The van der Waals surface area contributed by atoms with Gasteiger partial charge in [0.1, 0.15) is 10.4 Å². The summed E-state index contributed by atoms with van der Waals surface area (Å²) in [6.45, 7) is 0. The topological polar surface area (TPSA) is 33.1 Å². The third-order valence-corrected chi connectivity index (χ3v) is 1.90. The summed E-state index contributed by atoms with van der Waals surface area (Å²) >= 11 is 8.63. The Bertz CT molecular complexity index is 356. The average Bonchev–Trinajstić information content (AvgIpc) is 2.11. The first kappa shape index (κ1) is 10.4. The molecule has 0 amide bonds. The molecular weight excluding hydrogens is 253 g/mol. The maximum atomic E-state index is 9.32. The number of halogens is 2. The fourth-order valence-corrected chi connectivity index (χ4v) is 1.12. The van der Waals surface area contributed by atoms with Gasteiger partial charge in [-0.25, -0.2) is 4.98 Å². The molecular formula is C9H7BrClNO. The summed E-state index contributed by atoms with van der Waals surface area (Å²) in [6, 6.07) is 3.20. The smallest absolute Gasteiger partial charge is 0.156 e. The summed E-state index contributed by atoms with van der Waals surface area (Å²) < 4.78 is 0.653. The molecule has 1 aromatic heterocycles. The van der Waals surface area contributed by atoms with Crippen LogP contribution in [0.4, 0.5) is 0 Å². The van der Waals surface area contributed by atoms with Crippen LogP contribution in [0.2, 0.25) is 0 Å². The number of hydrogen-bond donors (Lipinski definition) is 1. The van der Waals surface area contributed by atoms with Crippen molar-refractivity contribution in [1.82, 2.24) is 4.98 Å². The van der Waals surface area contributed by atoms with E-state index < -0.39 is 0 Å². The van der Waals surface area contributed by atoms with E-state index in [1.165, 1.54) is 0 Å². The van der Waals surface area contributed by atoms with Gasteiger partial charge in [-0.2, -0.15) is 0 Å². The monoisotopic (exact) mass is 259 g/mol. The lowest BCUT2D eigenvalue weighted by molar-refractivity contribution is 0.470. The Hall–Kier alpha value is -0.720. The Morgan fingerprint density at radius 3 is 3.00 bits per heavy atom. The summed E-state index contributed by atoms with van der Waals surface area (Å²) in [4.78, 5) is 3.99. The number of rotatable bonds is 1. The van der Waals surface area contributed by atoms with Gasteiger partial charge in [0.15, 0.2) is 5.69 Å². The normalized spacial score (nSPS) is 9.08. The molecule has 1 N–H and O–H groups in total. The first-order valence-corrected chi connectivity index (χ1v) is 4.97. The van der Waals surface area contributed by atoms with Gasteiger partial charge in [0.2, 0.25) is 0 Å². The van der Waals surface area contributed by atoms with E-state index in [0.717, 1.165) is 0 Å². The number of nitrogens with zero attached hydrogens (tertiary/aromatic N) is 1. The fourth-order valence-electron chi connectivity index (χ4n) is 0.713. The second kappa shape index (κ2) is 5.11. The molecule has 1 aromatic rings. The van der Waals surface area contributed by atoms with Gasteiger partial charge in [0, 0.05) is 12.3 Å². The van der Waals surface area contributed by atoms with Crippen LogP contribution >= 0.6 is 27.5 Å². The van der Waals surface area contributed by atoms with Gasteiger partial charge < -0.3 is 5.11 Å². The van der Waals surface area contributed by atoms with Crippen LogP contribution in [0.15, 0.2) is 16.7 Å². The van der Waals surface area contributed by atoms with Crippen LogP contribution in [0.25, 0.3) is 0 Å². The number of pyridine rings is 1. The van der Waals surface area contributed by atoms with Gasteiger partial charge in [-0.3, -0.25) is 0 Å². The van der Waals surface area contributed by atoms with Crippen LogP contribution in [0, 0.1) is 11.8 Å². The number of alkyl halides is 1. The molecule has 68 valence electrons. The predicted molar refractivity (Wildman–Crippen MR) is 55.8 cm³/mol. The van der Waals surface area contributed by atoms with Gasteiger partial charge in [-0.05, 0) is 34.0 Å². The van der Waals surface area contributed by atoms with E-state index >= 15 is 0 Å². The Morgan fingerprint density at radius 1 is 1.54 bits per heavy atom. The van der Waals surface area contributed by atoms with Gasteiger partial charge in [-0.15, -0.1) is 11.6 Å². The highest BCUT2D eigenvalue weighted by Gasteiger charge is 1.98. The summed E-state index contributed by atoms with van der Waals surface area (Å²) in [5.41, 5.74) is 0.375. The third-order valence-electron chi connectivity index (χ3n) is 1.27. The van der Waals surface area contributed by atoms with Crippen LogP contribution < -0.4 is 0 Å². The third kappa shape index (κ3) is 3.25. The maximum Gasteiger partial charge on any atom is 0.156 e. The molecule has 1 heterocycles. The number of aromatic hydroxyl groups is 1. The molecule has 0 aliphatic heterocycles. The van der Waals surface area contributed by atoms with Crippen LogP contribution in [-0.2, 0) is 0 Å². The van der Waals surface area contributed by atoms with Crippen molar-refractivity contribution >= 4 is 27.5 Å². The van der Waals surface area contributed by atoms with E-state index in [0.29, 0.717) is 22.6 Å². The SMILES string of the molecule is Oc1ccc(Br)nc1C#CCCCl. The minimum Gasteiger partial charge on any atom is -0.505 e. The fraction of sp³-hybridized carbons (Fsp3) is 0.222. The van der Waals surface area contributed by atoms with Crippen LogP contribution in [0.3, 0.4) is 0 Å². The molecule has 0 fully saturated rings. The molecule has 0 saturated heterocycles. The molecule has 0 aromatic carbocycles. The first-order valence-electron chi connectivity index (χ1n) is 3.64. The largest absolute Gasteiger partial charge is 0.505 e. The highest BCUT2D eigenvalue weighted by atomic mass is 79.9. The van der Waals surface area contributed by atoms with Crippen LogP contribution in [-0.4, -0.2) is 16.0 Å². The lowest BCUT2D eigenvalue weighted by Crippen LogP contribution is -1.84. The van der Waals surface area contributed by atoms with Crippen molar-refractivity contribution in [3.63, 3.8) is 0 Å². The second-order valence-corrected chi connectivity index (χ2v) is 3.43. The van der Waals surface area contributed by atoms with Crippen molar-refractivity contribution in [1.29, 1.82) is 0 Å². The molecule has 4 heteroatoms. The van der Waals surface area contributed by atoms with Gasteiger partial charge >= 0.3 is 0 Å². The van der Waals surface area contributed by atoms with E-state index in [-0.39, 0.29) is 5.75 Å². The molecule has 0 saturated carbocycles. The van der Waals surface area contributed by atoms with Crippen LogP contribution in [0.1, 0.15) is 12.1 Å². The number of hydrogen-bond acceptors (Lipinski definition) is 2. The lowest BCUT2D eigenvalue weighted by Gasteiger charge is -1.95. The predicted octanol–water partition coefficient (Wildman–Crippen LogP) is 2.53. The van der Waals surface area contributed by atoms with Gasteiger partial charge in [0.25, 0.3) is 0 Å². The lowest BCUT2D eigenvalue weighted by atomic mass is 10.3. The van der Waals surface area contributed by atoms with Crippen molar-refractivity contribution in [3.05, 3.63) is 22.4 Å². The van der Waals surface area contributed by atoms with Gasteiger partial charge in [-0.1, -0.05) is 5.92 Å². The Kier molecular flexibility index (Phi) is 4.07. The van der Waals surface area contributed by atoms with E-state index in [2.05, 4.69) is 32.8 Å². The van der Waals surface area contributed by atoms with E-state index in [1.807, 2.05) is 0 Å². The standard InChI is InChI=1S/C9H7BrClNO/c10-9-5-4-8(13)7(12-9)3-1-2-6-11/h4-5,13H,2,6H2. The van der Waals surface area contributed by atoms with E-state index in [1.54, 1.807) is 12.1 Å². The zero-order valence-corrected chi connectivity index (χ0v) is 9.06. The summed E-state index contributed by atoms with van der Waals surface area (Å²) in [5, 5.41) is 9.32. The van der Waals surface area contributed by atoms with Crippen LogP contribution in [0.5, 0.6) is 5.75 Å². The second-order valence-electron chi connectivity index (χ2n) is 2.24. The molecule has 2 nitrogen and oxygen atoms in total. The molecule has 0 spiro atoms. The Morgan fingerprint density at radius 2 is 2.31 bits per heavy atom. The summed E-state index contributed by atoms with van der Waals surface area (Å²) in [7, 11) is 0. The maximum absolute atomic E-state index is 9.32. The van der Waals surface area contributed by atoms with E-state index in [4.69, 9.17) is 11.6 Å². The highest BCUT2D eigenvalue weighted by Crippen LogP contribution is 2.16. The zero-order chi connectivity index (χ0) is 9.68. The van der Waals surface area contributed by atoms with Crippen molar-refractivity contribution in [2.75, 3.05) is 5.88 Å². The molecule has 1 rings (SSSR count). The van der Waals surface area contributed by atoms with Crippen molar-refractivity contribution in [3.8, 4) is 17.6 Å². The molecule has 0 aliphatic rings. The molecule has 0 unspecified atom stereocenters. The molecule has 0 aliphatic carbocycles. The zero-order valence-electron chi connectivity index (χ0n) is 6.72. The van der Waals surface area contributed by atoms with Gasteiger partial charge in [0.05, 0.1) is 0 Å². The molecule has 13 heavy (non-hydrogen) atoms. The highest BCUT2D eigenvalue weighted by molar-refractivity contribution is 9.10. The minimum atomic E-state index is 0.0882. The van der Waals surface area contributed by atoms with Crippen molar-refractivity contribution < 1.29 is 5.11 Å².